The first-order valence-electron chi connectivity index (χ1n) is 6.92. The van der Waals surface area contributed by atoms with Gasteiger partial charge in [-0.05, 0) is 36.1 Å². The predicted octanol–water partition coefficient (Wildman–Crippen LogP) is 3.29. The van der Waals surface area contributed by atoms with Crippen molar-refractivity contribution < 1.29 is 9.18 Å². The van der Waals surface area contributed by atoms with E-state index in [9.17, 15) is 9.18 Å². The molecule has 0 bridgehead atoms. The summed E-state index contributed by atoms with van der Waals surface area (Å²) in [5, 5.41) is 3.01. The van der Waals surface area contributed by atoms with E-state index in [1.807, 2.05) is 37.3 Å². The second-order valence-corrected chi connectivity index (χ2v) is 5.16. The van der Waals surface area contributed by atoms with Crippen LogP contribution in [0, 0.1) is 5.82 Å². The van der Waals surface area contributed by atoms with Crippen molar-refractivity contribution in [2.24, 2.45) is 5.73 Å². The molecule has 0 aromatic heterocycles. The summed E-state index contributed by atoms with van der Waals surface area (Å²) in [5.74, 6) is -0.619. The van der Waals surface area contributed by atoms with Gasteiger partial charge in [-0.1, -0.05) is 43.3 Å². The highest BCUT2D eigenvalue weighted by Gasteiger charge is 2.19. The monoisotopic (exact) mass is 286 g/mol. The summed E-state index contributed by atoms with van der Waals surface area (Å²) in [4.78, 5) is 11.6. The molecule has 0 saturated heterocycles. The van der Waals surface area contributed by atoms with Gasteiger partial charge in [-0.15, -0.1) is 0 Å². The summed E-state index contributed by atoms with van der Waals surface area (Å²) in [6.07, 6.45) is 0.551. The van der Waals surface area contributed by atoms with Crippen LogP contribution in [0.2, 0.25) is 0 Å². The molecular formula is C17H19FN2O. The number of amides is 1. The molecule has 0 aliphatic carbocycles. The van der Waals surface area contributed by atoms with Crippen molar-refractivity contribution in [1.29, 1.82) is 0 Å². The molecule has 0 aliphatic rings. The molecule has 2 aromatic rings. The van der Waals surface area contributed by atoms with Crippen LogP contribution in [0.5, 0.6) is 0 Å². The Morgan fingerprint density at radius 1 is 1.19 bits per heavy atom. The van der Waals surface area contributed by atoms with Gasteiger partial charge < -0.3 is 11.1 Å². The average Bonchev–Trinajstić information content (AvgIpc) is 2.47. The minimum absolute atomic E-state index is 0.171. The van der Waals surface area contributed by atoms with Crippen molar-refractivity contribution in [3.8, 4) is 0 Å². The van der Waals surface area contributed by atoms with Gasteiger partial charge in [0.1, 0.15) is 11.9 Å². The largest absolute Gasteiger partial charge is 0.374 e. The minimum atomic E-state index is -0.540. The van der Waals surface area contributed by atoms with E-state index in [1.165, 1.54) is 12.1 Å². The molecule has 3 nitrogen and oxygen atoms in total. The highest BCUT2D eigenvalue weighted by atomic mass is 19.1. The molecule has 0 heterocycles. The van der Waals surface area contributed by atoms with Gasteiger partial charge >= 0.3 is 0 Å². The summed E-state index contributed by atoms with van der Waals surface area (Å²) in [7, 11) is 0. The molecule has 2 atom stereocenters. The fourth-order valence-corrected chi connectivity index (χ4v) is 2.30. The van der Waals surface area contributed by atoms with E-state index >= 15 is 0 Å². The van der Waals surface area contributed by atoms with Crippen LogP contribution in [0.1, 0.15) is 24.8 Å². The highest BCUT2D eigenvalue weighted by Crippen LogP contribution is 2.22. The molecule has 110 valence electrons. The molecule has 2 aromatic carbocycles. The Bertz CT molecular complexity index is 601. The molecule has 0 radical (unpaired) electrons. The SMILES string of the molecule is CC(CC(Nc1cccc(F)c1)C(N)=O)c1ccccc1. The van der Waals surface area contributed by atoms with E-state index in [0.717, 1.165) is 5.56 Å². The molecule has 0 spiro atoms. The smallest absolute Gasteiger partial charge is 0.239 e. The molecule has 3 N–H and O–H groups in total. The van der Waals surface area contributed by atoms with Crippen LogP contribution in [-0.4, -0.2) is 11.9 Å². The van der Waals surface area contributed by atoms with Crippen LogP contribution in [0.3, 0.4) is 0 Å². The van der Waals surface area contributed by atoms with Crippen LogP contribution < -0.4 is 11.1 Å². The van der Waals surface area contributed by atoms with Gasteiger partial charge in [-0.3, -0.25) is 4.79 Å². The maximum absolute atomic E-state index is 13.2. The number of hydrogen-bond donors (Lipinski definition) is 2. The number of hydrogen-bond acceptors (Lipinski definition) is 2. The zero-order valence-electron chi connectivity index (χ0n) is 11.9. The normalized spacial score (nSPS) is 13.4. The van der Waals surface area contributed by atoms with E-state index in [0.29, 0.717) is 12.1 Å². The van der Waals surface area contributed by atoms with Crippen molar-refractivity contribution >= 4 is 11.6 Å². The number of halogens is 1. The van der Waals surface area contributed by atoms with Gasteiger partial charge in [0, 0.05) is 5.69 Å². The van der Waals surface area contributed by atoms with Crippen molar-refractivity contribution in [3.63, 3.8) is 0 Å². The fourth-order valence-electron chi connectivity index (χ4n) is 2.30. The van der Waals surface area contributed by atoms with Gasteiger partial charge in [0.05, 0.1) is 0 Å². The summed E-state index contributed by atoms with van der Waals surface area (Å²) in [6, 6.07) is 15.4. The van der Waals surface area contributed by atoms with Crippen LogP contribution in [0.15, 0.2) is 54.6 Å². The maximum Gasteiger partial charge on any atom is 0.239 e. The van der Waals surface area contributed by atoms with E-state index in [4.69, 9.17) is 5.73 Å². The number of nitrogens with two attached hydrogens (primary N) is 1. The van der Waals surface area contributed by atoms with E-state index < -0.39 is 11.9 Å². The lowest BCUT2D eigenvalue weighted by Gasteiger charge is -2.21. The van der Waals surface area contributed by atoms with Crippen molar-refractivity contribution in [2.45, 2.75) is 25.3 Å². The summed E-state index contributed by atoms with van der Waals surface area (Å²) >= 11 is 0. The molecule has 21 heavy (non-hydrogen) atoms. The number of anilines is 1. The fraction of sp³-hybridized carbons (Fsp3) is 0.235. The third kappa shape index (κ3) is 4.31. The average molecular weight is 286 g/mol. The zero-order valence-corrected chi connectivity index (χ0v) is 11.9. The Morgan fingerprint density at radius 3 is 2.52 bits per heavy atom. The van der Waals surface area contributed by atoms with Gasteiger partial charge in [-0.25, -0.2) is 4.39 Å². The molecule has 0 fully saturated rings. The highest BCUT2D eigenvalue weighted by molar-refractivity contribution is 5.83. The minimum Gasteiger partial charge on any atom is -0.374 e. The molecule has 0 aliphatic heterocycles. The van der Waals surface area contributed by atoms with Crippen LogP contribution >= 0.6 is 0 Å². The van der Waals surface area contributed by atoms with Crippen LogP contribution in [0.25, 0.3) is 0 Å². The standard InChI is InChI=1S/C17H19FN2O/c1-12(13-6-3-2-4-7-13)10-16(17(19)21)20-15-9-5-8-14(18)11-15/h2-9,11-12,16,20H,10H2,1H3,(H2,19,21). The lowest BCUT2D eigenvalue weighted by molar-refractivity contribution is -0.118. The Kier molecular flexibility index (Phi) is 4.93. The molecule has 1 amide bonds. The molecule has 4 heteroatoms. The lowest BCUT2D eigenvalue weighted by Crippen LogP contribution is -2.36. The van der Waals surface area contributed by atoms with Crippen molar-refractivity contribution in [1.82, 2.24) is 0 Å². The number of benzene rings is 2. The van der Waals surface area contributed by atoms with Crippen molar-refractivity contribution in [3.05, 3.63) is 66.0 Å². The lowest BCUT2D eigenvalue weighted by atomic mass is 9.93. The topological polar surface area (TPSA) is 55.1 Å². The number of rotatable bonds is 6. The molecule has 2 unspecified atom stereocenters. The zero-order chi connectivity index (χ0) is 15.2. The molecule has 0 saturated carbocycles. The van der Waals surface area contributed by atoms with Gasteiger partial charge in [-0.2, -0.15) is 0 Å². The molecular weight excluding hydrogens is 267 g/mol. The predicted molar refractivity (Wildman–Crippen MR) is 82.5 cm³/mol. The Balaban J connectivity index is 2.07. The first-order valence-corrected chi connectivity index (χ1v) is 6.92. The third-order valence-corrected chi connectivity index (χ3v) is 3.47. The first kappa shape index (κ1) is 15.0. The van der Waals surface area contributed by atoms with Crippen molar-refractivity contribution in [2.75, 3.05) is 5.32 Å². The quantitative estimate of drug-likeness (QED) is 0.856. The van der Waals surface area contributed by atoms with Gasteiger partial charge in [0.2, 0.25) is 5.91 Å². The Labute approximate surface area is 124 Å². The third-order valence-electron chi connectivity index (χ3n) is 3.47. The number of nitrogens with one attached hydrogen (secondary N) is 1. The van der Waals surface area contributed by atoms with Gasteiger partial charge in [0.25, 0.3) is 0 Å². The second-order valence-electron chi connectivity index (χ2n) is 5.16. The van der Waals surface area contributed by atoms with Gasteiger partial charge in [0.15, 0.2) is 0 Å². The number of primary amides is 1. The maximum atomic E-state index is 13.2. The van der Waals surface area contributed by atoms with Crippen LogP contribution in [-0.2, 0) is 4.79 Å². The first-order chi connectivity index (χ1) is 10.1. The summed E-state index contributed by atoms with van der Waals surface area (Å²) in [6.45, 7) is 2.04. The van der Waals surface area contributed by atoms with E-state index in [1.54, 1.807) is 12.1 Å². The van der Waals surface area contributed by atoms with E-state index in [-0.39, 0.29) is 11.7 Å². The van der Waals surface area contributed by atoms with Crippen LogP contribution in [0.4, 0.5) is 10.1 Å². The Hall–Kier alpha value is -2.36. The Morgan fingerprint density at radius 2 is 1.90 bits per heavy atom. The summed E-state index contributed by atoms with van der Waals surface area (Å²) < 4.78 is 13.2. The summed E-state index contributed by atoms with van der Waals surface area (Å²) in [5.41, 5.74) is 7.15. The molecule has 2 rings (SSSR count). The van der Waals surface area contributed by atoms with E-state index in [2.05, 4.69) is 5.32 Å². The number of carbonyl (C=O) groups is 1. The second kappa shape index (κ2) is 6.88. The number of carbonyl (C=O) groups excluding carboxylic acids is 1.